The Kier molecular flexibility index (Phi) is 8.69. The Morgan fingerprint density at radius 2 is 2.23 bits per heavy atom. The lowest BCUT2D eigenvalue weighted by atomic mass is 10.2. The third kappa shape index (κ3) is 5.36. The molecule has 0 aliphatic carbocycles. The minimum absolute atomic E-state index is 0. The number of pyridine rings is 1. The van der Waals surface area contributed by atoms with Crippen molar-refractivity contribution in [2.24, 2.45) is 4.99 Å². The second kappa shape index (κ2) is 10.5. The van der Waals surface area contributed by atoms with Crippen molar-refractivity contribution in [1.82, 2.24) is 20.5 Å². The fraction of sp³-hybridized carbons (Fsp3) is 0.667. The van der Waals surface area contributed by atoms with Crippen LogP contribution in [-0.2, 0) is 0 Å². The highest BCUT2D eigenvalue weighted by Gasteiger charge is 2.26. The summed E-state index contributed by atoms with van der Waals surface area (Å²) in [6.45, 7) is 7.38. The van der Waals surface area contributed by atoms with Gasteiger partial charge in [0.1, 0.15) is 5.82 Å². The van der Waals surface area contributed by atoms with Crippen LogP contribution in [0.1, 0.15) is 26.2 Å². The van der Waals surface area contributed by atoms with Crippen LogP contribution in [0, 0.1) is 0 Å². The molecule has 1 aromatic heterocycles. The molecule has 0 amide bonds. The molecule has 3 heterocycles. The van der Waals surface area contributed by atoms with Gasteiger partial charge in [0.15, 0.2) is 5.96 Å². The first-order valence-electron chi connectivity index (χ1n) is 9.28. The first-order valence-corrected chi connectivity index (χ1v) is 9.65. The lowest BCUT2D eigenvalue weighted by Gasteiger charge is -2.25. The highest BCUT2D eigenvalue weighted by atomic mass is 127. The van der Waals surface area contributed by atoms with E-state index in [1.165, 1.54) is 19.4 Å². The summed E-state index contributed by atoms with van der Waals surface area (Å²) in [5, 5.41) is 7.77. The molecule has 2 N–H and O–H groups in total. The lowest BCUT2D eigenvalue weighted by Crippen LogP contribution is -2.48. The number of halogens is 2. The predicted molar refractivity (Wildman–Crippen MR) is 120 cm³/mol. The van der Waals surface area contributed by atoms with Gasteiger partial charge in [-0.2, -0.15) is 0 Å². The summed E-state index contributed by atoms with van der Waals surface area (Å²) in [6, 6.07) is 4.74. The fourth-order valence-corrected chi connectivity index (χ4v) is 4.07. The molecule has 2 fully saturated rings. The second-order valence-corrected chi connectivity index (χ2v) is 7.17. The fourth-order valence-electron chi connectivity index (χ4n) is 3.83. The highest BCUT2D eigenvalue weighted by molar-refractivity contribution is 14.0. The molecule has 0 saturated carbocycles. The molecule has 2 unspecified atom stereocenters. The van der Waals surface area contributed by atoms with Crippen LogP contribution in [0.15, 0.2) is 23.3 Å². The minimum atomic E-state index is 0. The molecule has 6 nitrogen and oxygen atoms in total. The van der Waals surface area contributed by atoms with Crippen molar-refractivity contribution in [1.29, 1.82) is 0 Å². The minimum Gasteiger partial charge on any atom is -0.355 e. The first kappa shape index (κ1) is 21.5. The van der Waals surface area contributed by atoms with Gasteiger partial charge in [-0.15, -0.1) is 24.0 Å². The Morgan fingerprint density at radius 3 is 2.96 bits per heavy atom. The molecule has 2 saturated heterocycles. The van der Waals surface area contributed by atoms with Gasteiger partial charge in [0, 0.05) is 45.0 Å². The predicted octanol–water partition coefficient (Wildman–Crippen LogP) is 2.58. The van der Waals surface area contributed by atoms with Gasteiger partial charge in [0.05, 0.1) is 5.02 Å². The third-order valence-corrected chi connectivity index (χ3v) is 5.50. The van der Waals surface area contributed by atoms with Crippen molar-refractivity contribution >= 4 is 47.4 Å². The number of rotatable bonds is 5. The second-order valence-electron chi connectivity index (χ2n) is 6.76. The normalized spacial score (nSPS) is 23.8. The molecule has 2 atom stereocenters. The Bertz CT molecular complexity index is 599. The zero-order chi connectivity index (χ0) is 17.6. The largest absolute Gasteiger partial charge is 0.355 e. The molecule has 0 spiro atoms. The van der Waals surface area contributed by atoms with E-state index in [0.29, 0.717) is 17.1 Å². The number of hydrogen-bond acceptors (Lipinski definition) is 4. The van der Waals surface area contributed by atoms with Crippen molar-refractivity contribution in [3.05, 3.63) is 23.4 Å². The highest BCUT2D eigenvalue weighted by Crippen LogP contribution is 2.25. The van der Waals surface area contributed by atoms with Gasteiger partial charge in [0.2, 0.25) is 0 Å². The van der Waals surface area contributed by atoms with Crippen LogP contribution in [0.5, 0.6) is 0 Å². The number of aromatic nitrogens is 1. The molecule has 1 aromatic rings. The van der Waals surface area contributed by atoms with Crippen molar-refractivity contribution in [2.45, 2.75) is 38.3 Å². The van der Waals surface area contributed by atoms with Crippen LogP contribution in [0.3, 0.4) is 0 Å². The number of nitrogens with one attached hydrogen (secondary N) is 2. The number of aliphatic imine (C=N–C) groups is 1. The number of nitrogens with zero attached hydrogens (tertiary/aromatic N) is 4. The van der Waals surface area contributed by atoms with E-state index < -0.39 is 0 Å². The standard InChI is InChI=1S/C18H29ClN6.HI/c1-3-24-10-5-6-15(24)12-22-18(20-2)23-14-8-11-25(13-14)17-16(19)7-4-9-21-17;/h4,7,9,14-15H,3,5-6,8,10-13H2,1-2H3,(H2,20,22,23);1H. The molecule has 146 valence electrons. The molecular weight excluding hydrogens is 463 g/mol. The van der Waals surface area contributed by atoms with E-state index in [1.807, 2.05) is 19.2 Å². The van der Waals surface area contributed by atoms with Gasteiger partial charge in [-0.3, -0.25) is 9.89 Å². The maximum absolute atomic E-state index is 6.27. The summed E-state index contributed by atoms with van der Waals surface area (Å²) in [7, 11) is 1.84. The monoisotopic (exact) mass is 492 g/mol. The molecule has 0 radical (unpaired) electrons. The molecule has 0 bridgehead atoms. The van der Waals surface area contributed by atoms with E-state index in [-0.39, 0.29) is 24.0 Å². The SMILES string of the molecule is CCN1CCCC1CNC(=NC)NC1CCN(c2ncccc2Cl)C1.I. The molecule has 0 aromatic carbocycles. The maximum atomic E-state index is 6.27. The summed E-state index contributed by atoms with van der Waals surface area (Å²) < 4.78 is 0. The van der Waals surface area contributed by atoms with Gasteiger partial charge in [0.25, 0.3) is 0 Å². The average Bonchev–Trinajstić information content (AvgIpc) is 3.28. The maximum Gasteiger partial charge on any atom is 0.191 e. The van der Waals surface area contributed by atoms with Gasteiger partial charge >= 0.3 is 0 Å². The van der Waals surface area contributed by atoms with E-state index >= 15 is 0 Å². The molecule has 2 aliphatic rings. The number of likely N-dealkylation sites (tertiary alicyclic amines) is 1. The summed E-state index contributed by atoms with van der Waals surface area (Å²) in [4.78, 5) is 13.6. The lowest BCUT2D eigenvalue weighted by molar-refractivity contribution is 0.267. The van der Waals surface area contributed by atoms with E-state index in [0.717, 1.165) is 44.4 Å². The Balaban J connectivity index is 0.00000243. The molecular formula is C18H30ClIN6. The molecule has 2 aliphatic heterocycles. The van der Waals surface area contributed by atoms with Crippen LogP contribution >= 0.6 is 35.6 Å². The first-order chi connectivity index (χ1) is 12.2. The van der Waals surface area contributed by atoms with Crippen molar-refractivity contribution < 1.29 is 0 Å². The molecule has 26 heavy (non-hydrogen) atoms. The molecule has 8 heteroatoms. The van der Waals surface area contributed by atoms with Gasteiger partial charge in [-0.1, -0.05) is 18.5 Å². The quantitative estimate of drug-likeness (QED) is 0.376. The topological polar surface area (TPSA) is 55.8 Å². The Labute approximate surface area is 178 Å². The van der Waals surface area contributed by atoms with Crippen LogP contribution < -0.4 is 15.5 Å². The summed E-state index contributed by atoms with van der Waals surface area (Å²) in [5.74, 6) is 1.77. The Morgan fingerprint density at radius 1 is 1.38 bits per heavy atom. The van der Waals surface area contributed by atoms with Crippen molar-refractivity contribution in [3.63, 3.8) is 0 Å². The van der Waals surface area contributed by atoms with Gasteiger partial charge in [-0.25, -0.2) is 4.98 Å². The number of anilines is 1. The van der Waals surface area contributed by atoms with Crippen LogP contribution in [0.2, 0.25) is 5.02 Å². The number of guanidine groups is 1. The van der Waals surface area contributed by atoms with Gasteiger partial charge in [-0.05, 0) is 44.5 Å². The summed E-state index contributed by atoms with van der Waals surface area (Å²) in [6.07, 6.45) is 5.42. The molecule has 3 rings (SSSR count). The van der Waals surface area contributed by atoms with Crippen molar-refractivity contribution in [3.8, 4) is 0 Å². The van der Waals surface area contributed by atoms with Gasteiger partial charge < -0.3 is 15.5 Å². The number of likely N-dealkylation sites (N-methyl/N-ethyl adjacent to an activating group) is 1. The zero-order valence-corrected chi connectivity index (χ0v) is 18.7. The van der Waals surface area contributed by atoms with Crippen LogP contribution in [0.4, 0.5) is 5.82 Å². The van der Waals surface area contributed by atoms with E-state index in [4.69, 9.17) is 11.6 Å². The number of hydrogen-bond donors (Lipinski definition) is 2. The van der Waals surface area contributed by atoms with Crippen molar-refractivity contribution in [2.75, 3.05) is 44.7 Å². The Hall–Kier alpha value is -0.800. The van der Waals surface area contributed by atoms with E-state index in [1.54, 1.807) is 6.20 Å². The third-order valence-electron chi connectivity index (χ3n) is 5.20. The smallest absolute Gasteiger partial charge is 0.191 e. The summed E-state index contributed by atoms with van der Waals surface area (Å²) >= 11 is 6.27. The van der Waals surface area contributed by atoms with E-state index in [9.17, 15) is 0 Å². The van der Waals surface area contributed by atoms with E-state index in [2.05, 4.69) is 37.3 Å². The van der Waals surface area contributed by atoms with Crippen LogP contribution in [-0.4, -0.2) is 67.7 Å². The van der Waals surface area contributed by atoms with Crippen LogP contribution in [0.25, 0.3) is 0 Å². The summed E-state index contributed by atoms with van der Waals surface area (Å²) in [5.41, 5.74) is 0. The average molecular weight is 493 g/mol. The zero-order valence-electron chi connectivity index (χ0n) is 15.6.